The van der Waals surface area contributed by atoms with E-state index in [0.717, 1.165) is 24.9 Å². The summed E-state index contributed by atoms with van der Waals surface area (Å²) in [4.78, 5) is 24.0. The minimum absolute atomic E-state index is 0.0340. The van der Waals surface area contributed by atoms with Gasteiger partial charge >= 0.3 is 0 Å². The van der Waals surface area contributed by atoms with Crippen LogP contribution in [0.3, 0.4) is 0 Å². The number of piperazine rings is 1. The van der Waals surface area contributed by atoms with Crippen molar-refractivity contribution in [2.75, 3.05) is 44.2 Å². The van der Waals surface area contributed by atoms with Crippen LogP contribution in [0.2, 0.25) is 0 Å². The number of aromatic nitrogens is 2. The maximum Gasteiger partial charge on any atom is 0.241 e. The van der Waals surface area contributed by atoms with E-state index in [1.165, 1.54) is 11.6 Å². The van der Waals surface area contributed by atoms with Gasteiger partial charge in [-0.3, -0.25) is 9.69 Å². The number of piperidine rings is 1. The number of carbonyl (C=O) groups excluding carboxylic acids is 1. The molecule has 3 heterocycles. The summed E-state index contributed by atoms with van der Waals surface area (Å²) in [6.45, 7) is 6.72. The predicted octanol–water partition coefficient (Wildman–Crippen LogP) is 3.74. The molecule has 0 aliphatic carbocycles. The minimum atomic E-state index is -0.211. The van der Waals surface area contributed by atoms with Gasteiger partial charge in [0, 0.05) is 38.3 Å². The van der Waals surface area contributed by atoms with Crippen molar-refractivity contribution in [2.24, 2.45) is 5.92 Å². The summed E-state index contributed by atoms with van der Waals surface area (Å²) in [5.41, 5.74) is 2.73. The summed E-state index contributed by atoms with van der Waals surface area (Å²) in [5, 5.41) is 4.13. The summed E-state index contributed by atoms with van der Waals surface area (Å²) in [6.07, 6.45) is 1.85. The molecular weight excluding hydrogens is 433 g/mol. The number of benzene rings is 2. The number of nitrogens with zero attached hydrogens (tertiary/aromatic N) is 5. The largest absolute Gasteiger partial charge is 0.366 e. The Morgan fingerprint density at radius 1 is 1.06 bits per heavy atom. The van der Waals surface area contributed by atoms with Crippen LogP contribution in [-0.2, 0) is 11.3 Å². The average molecular weight is 464 g/mol. The number of hydrogen-bond donors (Lipinski definition) is 0. The second-order valence-electron chi connectivity index (χ2n) is 9.22. The molecule has 0 spiro atoms. The molecule has 2 fully saturated rings. The Bertz CT molecular complexity index is 1120. The van der Waals surface area contributed by atoms with Gasteiger partial charge in [-0.15, -0.1) is 0 Å². The lowest BCUT2D eigenvalue weighted by Gasteiger charge is -2.39. The molecule has 1 unspecified atom stereocenters. The average Bonchev–Trinajstić information content (AvgIpc) is 3.33. The van der Waals surface area contributed by atoms with Crippen LogP contribution >= 0.6 is 0 Å². The van der Waals surface area contributed by atoms with Crippen molar-refractivity contribution in [1.29, 1.82) is 0 Å². The molecule has 0 saturated carbocycles. The number of likely N-dealkylation sites (tertiary alicyclic amines) is 1. The Labute approximate surface area is 199 Å². The maximum atomic E-state index is 14.1. The lowest BCUT2D eigenvalue weighted by molar-refractivity contribution is -0.137. The molecule has 7 nitrogen and oxygen atoms in total. The van der Waals surface area contributed by atoms with Gasteiger partial charge in [-0.25, -0.2) is 4.39 Å². The highest BCUT2D eigenvalue weighted by molar-refractivity contribution is 5.79. The molecule has 0 radical (unpaired) electrons. The van der Waals surface area contributed by atoms with Gasteiger partial charge in [-0.2, -0.15) is 4.98 Å². The normalized spacial score (nSPS) is 19.4. The van der Waals surface area contributed by atoms with Gasteiger partial charge in [0.25, 0.3) is 0 Å². The zero-order valence-electron chi connectivity index (χ0n) is 19.5. The number of amides is 1. The molecule has 2 aliphatic heterocycles. The van der Waals surface area contributed by atoms with Crippen LogP contribution in [0.25, 0.3) is 11.4 Å². The van der Waals surface area contributed by atoms with E-state index in [2.05, 4.69) is 15.0 Å². The van der Waals surface area contributed by atoms with E-state index < -0.39 is 0 Å². The van der Waals surface area contributed by atoms with Crippen LogP contribution in [0.15, 0.2) is 53.1 Å². The number of halogens is 1. The summed E-state index contributed by atoms with van der Waals surface area (Å²) >= 11 is 0. The molecule has 0 bridgehead atoms. The molecule has 1 aromatic heterocycles. The second kappa shape index (κ2) is 9.93. The van der Waals surface area contributed by atoms with Crippen LogP contribution in [0, 0.1) is 18.7 Å². The number of anilines is 1. The topological polar surface area (TPSA) is 65.7 Å². The lowest BCUT2D eigenvalue weighted by atomic mass is 9.96. The van der Waals surface area contributed by atoms with Gasteiger partial charge in [0.1, 0.15) is 5.82 Å². The van der Waals surface area contributed by atoms with Crippen LogP contribution in [0.5, 0.6) is 0 Å². The quantitative estimate of drug-likeness (QED) is 0.574. The number of carbonyl (C=O) groups is 1. The molecule has 0 N–H and O–H groups in total. The van der Waals surface area contributed by atoms with Crippen molar-refractivity contribution in [3.05, 3.63) is 65.8 Å². The van der Waals surface area contributed by atoms with E-state index in [1.807, 2.05) is 47.1 Å². The second-order valence-corrected chi connectivity index (χ2v) is 9.22. The van der Waals surface area contributed by atoms with Crippen molar-refractivity contribution < 1.29 is 13.7 Å². The maximum absolute atomic E-state index is 14.1. The molecule has 5 rings (SSSR count). The van der Waals surface area contributed by atoms with E-state index in [-0.39, 0.29) is 17.6 Å². The summed E-state index contributed by atoms with van der Waals surface area (Å²) in [7, 11) is 0. The number of rotatable bonds is 5. The Balaban J connectivity index is 1.15. The molecule has 1 atom stereocenters. The molecule has 2 aromatic carbocycles. The molecular formula is C26H30FN5O2. The molecule has 2 aliphatic rings. The highest BCUT2D eigenvalue weighted by Crippen LogP contribution is 2.24. The first kappa shape index (κ1) is 22.5. The van der Waals surface area contributed by atoms with Crippen LogP contribution in [-0.4, -0.2) is 65.1 Å². The molecule has 178 valence electrons. The molecule has 2 saturated heterocycles. The summed E-state index contributed by atoms with van der Waals surface area (Å²) in [6, 6.07) is 14.9. The van der Waals surface area contributed by atoms with Crippen molar-refractivity contribution in [3.8, 4) is 11.4 Å². The minimum Gasteiger partial charge on any atom is -0.366 e. The van der Waals surface area contributed by atoms with Crippen molar-refractivity contribution in [2.45, 2.75) is 26.3 Å². The summed E-state index contributed by atoms with van der Waals surface area (Å²) in [5.74, 6) is 1.11. The Kier molecular flexibility index (Phi) is 6.58. The van der Waals surface area contributed by atoms with Gasteiger partial charge in [0.05, 0.1) is 18.2 Å². The summed E-state index contributed by atoms with van der Waals surface area (Å²) < 4.78 is 19.6. The zero-order chi connectivity index (χ0) is 23.5. The van der Waals surface area contributed by atoms with Gasteiger partial charge in [-0.1, -0.05) is 47.1 Å². The third-order valence-electron chi connectivity index (χ3n) is 6.78. The number of para-hydroxylation sites is 1. The molecule has 3 aromatic rings. The van der Waals surface area contributed by atoms with E-state index in [9.17, 15) is 9.18 Å². The van der Waals surface area contributed by atoms with Gasteiger partial charge < -0.3 is 14.3 Å². The highest BCUT2D eigenvalue weighted by atomic mass is 19.1. The van der Waals surface area contributed by atoms with E-state index in [1.54, 1.807) is 12.1 Å². The van der Waals surface area contributed by atoms with Crippen molar-refractivity contribution in [3.63, 3.8) is 0 Å². The predicted molar refractivity (Wildman–Crippen MR) is 128 cm³/mol. The van der Waals surface area contributed by atoms with Crippen LogP contribution < -0.4 is 4.90 Å². The third kappa shape index (κ3) is 4.97. The SMILES string of the molecule is Cc1ccc(-c2noc(CN3CCCC(C(=O)N4CCN(c5ccccc5F)CC4)C3)n2)cc1. The standard InChI is InChI=1S/C26H30FN5O2/c1-19-8-10-20(11-9-19)25-28-24(34-29-25)18-30-12-4-5-21(17-30)26(33)32-15-13-31(14-16-32)23-7-3-2-6-22(23)27/h2-3,6-11,21H,4-5,12-18H2,1H3. The number of hydrogen-bond acceptors (Lipinski definition) is 6. The number of aryl methyl sites for hydroxylation is 1. The van der Waals surface area contributed by atoms with Crippen LogP contribution in [0.1, 0.15) is 24.3 Å². The van der Waals surface area contributed by atoms with E-state index >= 15 is 0 Å². The lowest BCUT2D eigenvalue weighted by Crippen LogP contribution is -2.52. The molecule has 8 heteroatoms. The Morgan fingerprint density at radius 3 is 2.59 bits per heavy atom. The fraction of sp³-hybridized carbons (Fsp3) is 0.423. The van der Waals surface area contributed by atoms with E-state index in [4.69, 9.17) is 4.52 Å². The fourth-order valence-corrected chi connectivity index (χ4v) is 4.87. The van der Waals surface area contributed by atoms with Gasteiger partial charge in [0.15, 0.2) is 0 Å². The van der Waals surface area contributed by atoms with Gasteiger partial charge in [0.2, 0.25) is 17.6 Å². The zero-order valence-corrected chi connectivity index (χ0v) is 19.5. The van der Waals surface area contributed by atoms with E-state index in [0.29, 0.717) is 56.7 Å². The molecule has 1 amide bonds. The fourth-order valence-electron chi connectivity index (χ4n) is 4.87. The van der Waals surface area contributed by atoms with Crippen molar-refractivity contribution in [1.82, 2.24) is 19.9 Å². The smallest absolute Gasteiger partial charge is 0.241 e. The first-order valence-electron chi connectivity index (χ1n) is 12.0. The van der Waals surface area contributed by atoms with Crippen LogP contribution in [0.4, 0.5) is 10.1 Å². The molecule has 34 heavy (non-hydrogen) atoms. The first-order valence-corrected chi connectivity index (χ1v) is 12.0. The van der Waals surface area contributed by atoms with Crippen molar-refractivity contribution >= 4 is 11.6 Å². The highest BCUT2D eigenvalue weighted by Gasteiger charge is 2.32. The first-order chi connectivity index (χ1) is 16.6. The third-order valence-corrected chi connectivity index (χ3v) is 6.78. The Morgan fingerprint density at radius 2 is 1.82 bits per heavy atom. The van der Waals surface area contributed by atoms with Gasteiger partial charge in [-0.05, 0) is 38.4 Å². The monoisotopic (exact) mass is 463 g/mol. The Hall–Kier alpha value is -3.26.